The number of carboxylic acid groups (broad SMARTS) is 1. The molecule has 0 fully saturated rings. The van der Waals surface area contributed by atoms with E-state index < -0.39 is 11.9 Å². The van der Waals surface area contributed by atoms with Gasteiger partial charge in [0.05, 0.1) is 11.1 Å². The summed E-state index contributed by atoms with van der Waals surface area (Å²) in [5.41, 5.74) is 0.645. The van der Waals surface area contributed by atoms with Gasteiger partial charge >= 0.3 is 11.9 Å². The van der Waals surface area contributed by atoms with Crippen LogP contribution in [0.4, 0.5) is 0 Å². The topological polar surface area (TPSA) is 63.6 Å². The van der Waals surface area contributed by atoms with Crippen LogP contribution in [0.2, 0.25) is 0 Å². The van der Waals surface area contributed by atoms with Crippen molar-refractivity contribution in [1.82, 2.24) is 0 Å². The number of rotatable bonds is 4. The predicted octanol–water partition coefficient (Wildman–Crippen LogP) is 3.30. The monoisotopic (exact) mass is 292 g/mol. The van der Waals surface area contributed by atoms with Gasteiger partial charge in [0.1, 0.15) is 6.61 Å². The summed E-state index contributed by atoms with van der Waals surface area (Å²) in [7, 11) is 0. The average molecular weight is 293 g/mol. The van der Waals surface area contributed by atoms with Crippen LogP contribution < -0.4 is 0 Å². The summed E-state index contributed by atoms with van der Waals surface area (Å²) >= 11 is 0. The molecule has 0 aromatic heterocycles. The molecule has 4 nitrogen and oxygen atoms in total. The van der Waals surface area contributed by atoms with Gasteiger partial charge in [-0.2, -0.15) is 0 Å². The van der Waals surface area contributed by atoms with E-state index in [4.69, 9.17) is 9.84 Å². The SMILES string of the molecule is C=CCOC(=O)c1ccc2cc(C(=O)O)ccc2c1.Cl. The molecule has 0 unspecified atom stereocenters. The third kappa shape index (κ3) is 3.36. The minimum absolute atomic E-state index is 0. The first-order chi connectivity index (χ1) is 9.11. The van der Waals surface area contributed by atoms with Crippen LogP contribution >= 0.6 is 12.4 Å². The molecular formula is C15H13ClO4. The molecule has 2 aromatic carbocycles. The number of carbonyl (C=O) groups is 2. The molecule has 0 spiro atoms. The lowest BCUT2D eigenvalue weighted by Gasteiger charge is -2.04. The molecule has 104 valence electrons. The highest BCUT2D eigenvalue weighted by Crippen LogP contribution is 2.18. The molecule has 2 aromatic rings. The molecule has 0 saturated heterocycles. The smallest absolute Gasteiger partial charge is 0.338 e. The number of halogens is 1. The Balaban J connectivity index is 0.00000200. The molecule has 0 saturated carbocycles. The third-order valence-electron chi connectivity index (χ3n) is 2.66. The second-order valence-corrected chi connectivity index (χ2v) is 3.97. The van der Waals surface area contributed by atoms with Crippen molar-refractivity contribution >= 4 is 35.1 Å². The van der Waals surface area contributed by atoms with E-state index in [0.29, 0.717) is 5.56 Å². The summed E-state index contributed by atoms with van der Waals surface area (Å²) in [4.78, 5) is 22.5. The van der Waals surface area contributed by atoms with Gasteiger partial charge in [-0.25, -0.2) is 9.59 Å². The van der Waals surface area contributed by atoms with E-state index in [1.807, 2.05) is 0 Å². The van der Waals surface area contributed by atoms with E-state index in [9.17, 15) is 9.59 Å². The van der Waals surface area contributed by atoms with Crippen molar-refractivity contribution in [1.29, 1.82) is 0 Å². The van der Waals surface area contributed by atoms with E-state index >= 15 is 0 Å². The zero-order chi connectivity index (χ0) is 13.8. The van der Waals surface area contributed by atoms with Gasteiger partial charge in [-0.3, -0.25) is 0 Å². The first kappa shape index (κ1) is 15.7. The Morgan fingerprint density at radius 3 is 2.20 bits per heavy atom. The van der Waals surface area contributed by atoms with E-state index in [2.05, 4.69) is 6.58 Å². The molecule has 0 aliphatic rings. The largest absolute Gasteiger partial charge is 0.478 e. The van der Waals surface area contributed by atoms with Gasteiger partial charge in [0, 0.05) is 0 Å². The zero-order valence-corrected chi connectivity index (χ0v) is 11.4. The number of carbonyl (C=O) groups excluding carboxylic acids is 1. The van der Waals surface area contributed by atoms with Gasteiger partial charge in [0.25, 0.3) is 0 Å². The second-order valence-electron chi connectivity index (χ2n) is 3.97. The maximum Gasteiger partial charge on any atom is 0.338 e. The van der Waals surface area contributed by atoms with Crippen molar-refractivity contribution in [3.05, 3.63) is 60.2 Å². The fourth-order valence-electron chi connectivity index (χ4n) is 1.72. The maximum atomic E-state index is 11.7. The van der Waals surface area contributed by atoms with Gasteiger partial charge < -0.3 is 9.84 Å². The molecular weight excluding hydrogens is 280 g/mol. The molecule has 0 amide bonds. The summed E-state index contributed by atoms with van der Waals surface area (Å²) in [5.74, 6) is -1.40. The molecule has 0 atom stereocenters. The highest BCUT2D eigenvalue weighted by atomic mass is 35.5. The normalized spacial score (nSPS) is 9.60. The van der Waals surface area contributed by atoms with Gasteiger partial charge in [-0.05, 0) is 35.0 Å². The van der Waals surface area contributed by atoms with Crippen LogP contribution in [0, 0.1) is 0 Å². The Bertz CT molecular complexity index is 664. The van der Waals surface area contributed by atoms with E-state index in [0.717, 1.165) is 10.8 Å². The molecule has 2 rings (SSSR count). The summed E-state index contributed by atoms with van der Waals surface area (Å²) in [6.45, 7) is 3.63. The molecule has 0 aliphatic carbocycles. The molecule has 0 bridgehead atoms. The number of hydrogen-bond donors (Lipinski definition) is 1. The minimum atomic E-state index is -0.976. The van der Waals surface area contributed by atoms with E-state index in [1.54, 1.807) is 30.3 Å². The van der Waals surface area contributed by atoms with Crippen molar-refractivity contribution in [3.8, 4) is 0 Å². The van der Waals surface area contributed by atoms with E-state index in [1.165, 1.54) is 12.1 Å². The fraction of sp³-hybridized carbons (Fsp3) is 0.0667. The van der Waals surface area contributed by atoms with Crippen molar-refractivity contribution in [2.45, 2.75) is 0 Å². The van der Waals surface area contributed by atoms with Crippen LogP contribution in [0.25, 0.3) is 10.8 Å². The number of aromatic carboxylic acids is 1. The fourth-order valence-corrected chi connectivity index (χ4v) is 1.72. The maximum absolute atomic E-state index is 11.7. The van der Waals surface area contributed by atoms with Gasteiger partial charge in [0.2, 0.25) is 0 Å². The molecule has 1 N–H and O–H groups in total. The molecule has 0 radical (unpaired) electrons. The lowest BCUT2D eigenvalue weighted by Crippen LogP contribution is -2.04. The Morgan fingerprint density at radius 2 is 1.65 bits per heavy atom. The zero-order valence-electron chi connectivity index (χ0n) is 10.5. The second kappa shape index (κ2) is 6.73. The Kier molecular flexibility index (Phi) is 5.29. The van der Waals surface area contributed by atoms with Crippen molar-refractivity contribution in [3.63, 3.8) is 0 Å². The first-order valence-corrected chi connectivity index (χ1v) is 5.67. The summed E-state index contributed by atoms with van der Waals surface area (Å²) < 4.78 is 4.94. The molecule has 20 heavy (non-hydrogen) atoms. The van der Waals surface area contributed by atoms with Crippen LogP contribution in [0.1, 0.15) is 20.7 Å². The summed E-state index contributed by atoms with van der Waals surface area (Å²) in [6, 6.07) is 9.72. The van der Waals surface area contributed by atoms with Gasteiger partial charge in [-0.15, -0.1) is 12.4 Å². The lowest BCUT2D eigenvalue weighted by molar-refractivity contribution is 0.0549. The quantitative estimate of drug-likeness (QED) is 0.693. The van der Waals surface area contributed by atoms with Crippen LogP contribution in [0.15, 0.2) is 49.1 Å². The summed E-state index contributed by atoms with van der Waals surface area (Å²) in [6.07, 6.45) is 1.50. The standard InChI is InChI=1S/C15H12O4.ClH/c1-2-7-19-15(18)13-6-4-10-8-12(14(16)17)5-3-11(10)9-13;/h2-6,8-9H,1,7H2,(H,16,17);1H. The number of benzene rings is 2. The number of ether oxygens (including phenoxy) is 1. The van der Waals surface area contributed by atoms with Crippen molar-refractivity contribution in [2.24, 2.45) is 0 Å². The number of carboxylic acids is 1. The third-order valence-corrected chi connectivity index (χ3v) is 2.66. The lowest BCUT2D eigenvalue weighted by atomic mass is 10.0. The van der Waals surface area contributed by atoms with Crippen LogP contribution in [0.3, 0.4) is 0 Å². The number of hydrogen-bond acceptors (Lipinski definition) is 3. The Hall–Kier alpha value is -2.33. The highest BCUT2D eigenvalue weighted by molar-refractivity contribution is 5.98. The molecule has 0 aliphatic heterocycles. The molecule has 0 heterocycles. The van der Waals surface area contributed by atoms with Crippen molar-refractivity contribution in [2.75, 3.05) is 6.61 Å². The minimum Gasteiger partial charge on any atom is -0.478 e. The predicted molar refractivity (Wildman–Crippen MR) is 78.6 cm³/mol. The van der Waals surface area contributed by atoms with Gasteiger partial charge in [-0.1, -0.05) is 24.8 Å². The molecule has 5 heteroatoms. The number of esters is 1. The Morgan fingerprint density at radius 1 is 1.10 bits per heavy atom. The van der Waals surface area contributed by atoms with Gasteiger partial charge in [0.15, 0.2) is 0 Å². The average Bonchev–Trinajstić information content (AvgIpc) is 2.43. The summed E-state index contributed by atoms with van der Waals surface area (Å²) in [5, 5.41) is 10.5. The van der Waals surface area contributed by atoms with Crippen LogP contribution in [-0.4, -0.2) is 23.7 Å². The van der Waals surface area contributed by atoms with Crippen LogP contribution in [-0.2, 0) is 4.74 Å². The first-order valence-electron chi connectivity index (χ1n) is 5.67. The number of fused-ring (bicyclic) bond motifs is 1. The highest BCUT2D eigenvalue weighted by Gasteiger charge is 2.08. The van der Waals surface area contributed by atoms with Crippen molar-refractivity contribution < 1.29 is 19.4 Å². The van der Waals surface area contributed by atoms with E-state index in [-0.39, 0.29) is 24.6 Å². The van der Waals surface area contributed by atoms with Crippen LogP contribution in [0.5, 0.6) is 0 Å². The Labute approximate surface area is 122 Å².